The molecule has 6 N–H and O–H groups in total. The van der Waals surface area contributed by atoms with Crippen LogP contribution in [0.3, 0.4) is 0 Å². The van der Waals surface area contributed by atoms with Crippen molar-refractivity contribution in [1.29, 1.82) is 0 Å². The van der Waals surface area contributed by atoms with Crippen LogP contribution in [0, 0.1) is 0 Å². The van der Waals surface area contributed by atoms with Gasteiger partial charge in [-0.25, -0.2) is 4.98 Å². The van der Waals surface area contributed by atoms with Crippen molar-refractivity contribution in [3.05, 3.63) is 52.6 Å². The molecule has 1 aromatic carbocycles. The fraction of sp³-hybridized carbons (Fsp3) is 0.286. The minimum Gasteiger partial charge on any atom is -0.365 e. The number of halogens is 1. The number of aromatic nitrogens is 2. The Balaban J connectivity index is 1.67. The fourth-order valence-electron chi connectivity index (χ4n) is 3.66. The molecular weight excluding hydrogens is 432 g/mol. The third-order valence-electron chi connectivity index (χ3n) is 5.24. The van der Waals surface area contributed by atoms with Gasteiger partial charge in [0.05, 0.1) is 27.4 Å². The predicted molar refractivity (Wildman–Crippen MR) is 119 cm³/mol. The zero-order chi connectivity index (χ0) is 20.4. The second-order valence-corrected chi connectivity index (χ2v) is 8.17. The van der Waals surface area contributed by atoms with Gasteiger partial charge in [-0.05, 0) is 47.0 Å². The Labute approximate surface area is 177 Å². The Hall–Kier alpha value is -2.71. The number of amides is 1. The minimum absolute atomic E-state index is 0.0781. The lowest BCUT2D eigenvalue weighted by Crippen LogP contribution is -2.42. The summed E-state index contributed by atoms with van der Waals surface area (Å²) < 4.78 is 0.672. The van der Waals surface area contributed by atoms with E-state index < -0.39 is 5.91 Å². The SMILES string of the molecule is NC(=O)c1cc(Br)c(N[C@@H]2CCCC[C@@H]2N)nc1Nc1cnc2ccccc2c1. The standard InChI is InChI=1S/C21H23BrN6O/c22-15-10-14(19(24)29)20(28-21(15)27-18-8-4-2-6-16(18)23)26-13-9-12-5-1-3-7-17(12)25-11-13/h1,3,5,7,9-11,16,18H,2,4,6,8,23H2,(H2,24,29)(H2,26,27,28)/t16-,18+/m0/s1. The number of anilines is 3. The van der Waals surface area contributed by atoms with E-state index in [2.05, 4.69) is 36.5 Å². The summed E-state index contributed by atoms with van der Waals surface area (Å²) in [5.74, 6) is 0.452. The van der Waals surface area contributed by atoms with Gasteiger partial charge in [-0.3, -0.25) is 9.78 Å². The highest BCUT2D eigenvalue weighted by atomic mass is 79.9. The molecule has 29 heavy (non-hydrogen) atoms. The lowest BCUT2D eigenvalue weighted by molar-refractivity contribution is 0.100. The second kappa shape index (κ2) is 8.34. The molecule has 2 aromatic heterocycles. The number of nitrogens with one attached hydrogen (secondary N) is 2. The molecule has 0 saturated heterocycles. The third kappa shape index (κ3) is 4.33. The number of nitrogens with zero attached hydrogens (tertiary/aromatic N) is 2. The van der Waals surface area contributed by atoms with Crippen molar-refractivity contribution in [2.45, 2.75) is 37.8 Å². The van der Waals surface area contributed by atoms with Gasteiger partial charge in [0.25, 0.3) is 5.91 Å². The van der Waals surface area contributed by atoms with E-state index in [0.717, 1.165) is 42.3 Å². The van der Waals surface area contributed by atoms with Crippen LogP contribution < -0.4 is 22.1 Å². The van der Waals surface area contributed by atoms with Crippen LogP contribution in [0.15, 0.2) is 47.1 Å². The van der Waals surface area contributed by atoms with Crippen molar-refractivity contribution in [3.8, 4) is 0 Å². The average molecular weight is 455 g/mol. The van der Waals surface area contributed by atoms with Gasteiger partial charge >= 0.3 is 0 Å². The van der Waals surface area contributed by atoms with E-state index >= 15 is 0 Å². The second-order valence-electron chi connectivity index (χ2n) is 7.32. The Bertz CT molecular complexity index is 1060. The van der Waals surface area contributed by atoms with Gasteiger partial charge in [0.15, 0.2) is 0 Å². The highest BCUT2D eigenvalue weighted by molar-refractivity contribution is 9.10. The number of benzene rings is 1. The summed E-state index contributed by atoms with van der Waals surface area (Å²) in [5.41, 5.74) is 13.8. The molecule has 0 spiro atoms. The highest BCUT2D eigenvalue weighted by Gasteiger charge is 2.24. The summed E-state index contributed by atoms with van der Waals surface area (Å²) in [6.45, 7) is 0. The highest BCUT2D eigenvalue weighted by Crippen LogP contribution is 2.30. The lowest BCUT2D eigenvalue weighted by Gasteiger charge is -2.30. The molecule has 8 heteroatoms. The summed E-state index contributed by atoms with van der Waals surface area (Å²) in [7, 11) is 0. The number of fused-ring (bicyclic) bond motifs is 1. The van der Waals surface area contributed by atoms with Gasteiger partial charge < -0.3 is 22.1 Å². The van der Waals surface area contributed by atoms with E-state index in [1.807, 2.05) is 30.3 Å². The maximum Gasteiger partial charge on any atom is 0.252 e. The number of hydrogen-bond donors (Lipinski definition) is 4. The van der Waals surface area contributed by atoms with E-state index in [4.69, 9.17) is 11.5 Å². The quantitative estimate of drug-likeness (QED) is 0.463. The molecule has 0 aliphatic heterocycles. The van der Waals surface area contributed by atoms with Crippen molar-refractivity contribution in [3.63, 3.8) is 0 Å². The Morgan fingerprint density at radius 2 is 1.93 bits per heavy atom. The molecule has 0 unspecified atom stereocenters. The van der Waals surface area contributed by atoms with Crippen molar-refractivity contribution >= 4 is 50.1 Å². The topological polar surface area (TPSA) is 119 Å². The molecule has 1 aliphatic carbocycles. The number of nitrogens with two attached hydrogens (primary N) is 2. The van der Waals surface area contributed by atoms with Crippen molar-refractivity contribution in [1.82, 2.24) is 9.97 Å². The van der Waals surface area contributed by atoms with Gasteiger partial charge in [-0.15, -0.1) is 0 Å². The smallest absolute Gasteiger partial charge is 0.252 e. The Morgan fingerprint density at radius 3 is 2.72 bits per heavy atom. The summed E-state index contributed by atoms with van der Waals surface area (Å²) in [6, 6.07) is 11.7. The van der Waals surface area contributed by atoms with E-state index in [1.165, 1.54) is 0 Å². The molecule has 1 fully saturated rings. The molecule has 1 saturated carbocycles. The van der Waals surface area contributed by atoms with Crippen molar-refractivity contribution in [2.24, 2.45) is 11.5 Å². The first kappa shape index (κ1) is 19.6. The van der Waals surface area contributed by atoms with E-state index in [1.54, 1.807) is 12.3 Å². The van der Waals surface area contributed by atoms with Crippen molar-refractivity contribution < 1.29 is 4.79 Å². The number of pyridine rings is 2. The molecular formula is C21H23BrN6O. The van der Waals surface area contributed by atoms with Gasteiger partial charge in [-0.2, -0.15) is 0 Å². The largest absolute Gasteiger partial charge is 0.365 e. The first-order valence-electron chi connectivity index (χ1n) is 9.65. The van der Waals surface area contributed by atoms with Crippen LogP contribution in [-0.4, -0.2) is 28.0 Å². The summed E-state index contributed by atoms with van der Waals surface area (Å²) in [6.07, 6.45) is 5.97. The monoisotopic (exact) mass is 454 g/mol. The molecule has 1 aliphatic rings. The number of primary amides is 1. The number of carbonyl (C=O) groups is 1. The molecule has 2 heterocycles. The first-order chi connectivity index (χ1) is 14.0. The van der Waals surface area contributed by atoms with Crippen LogP contribution in [0.4, 0.5) is 17.3 Å². The van der Waals surface area contributed by atoms with Crippen LogP contribution in [0.2, 0.25) is 0 Å². The van der Waals surface area contributed by atoms with Crippen LogP contribution in [0.25, 0.3) is 10.9 Å². The molecule has 3 aromatic rings. The minimum atomic E-state index is -0.560. The maximum absolute atomic E-state index is 12.0. The number of carbonyl (C=O) groups excluding carboxylic acids is 1. The Kier molecular flexibility index (Phi) is 5.64. The molecule has 150 valence electrons. The van der Waals surface area contributed by atoms with Gasteiger partial charge in [0, 0.05) is 17.5 Å². The number of rotatable bonds is 5. The van der Waals surface area contributed by atoms with E-state index in [0.29, 0.717) is 21.7 Å². The van der Waals surface area contributed by atoms with E-state index in [-0.39, 0.29) is 12.1 Å². The normalized spacial score (nSPS) is 19.1. The molecule has 0 bridgehead atoms. The zero-order valence-electron chi connectivity index (χ0n) is 15.9. The van der Waals surface area contributed by atoms with Crippen LogP contribution in [0.1, 0.15) is 36.0 Å². The summed E-state index contributed by atoms with van der Waals surface area (Å²) >= 11 is 3.50. The molecule has 4 rings (SSSR count). The van der Waals surface area contributed by atoms with Crippen LogP contribution in [-0.2, 0) is 0 Å². The molecule has 1 amide bonds. The lowest BCUT2D eigenvalue weighted by atomic mass is 9.91. The predicted octanol–water partition coefficient (Wildman–Crippen LogP) is 3.92. The molecule has 7 nitrogen and oxygen atoms in total. The molecule has 0 radical (unpaired) electrons. The van der Waals surface area contributed by atoms with Crippen LogP contribution in [0.5, 0.6) is 0 Å². The van der Waals surface area contributed by atoms with Gasteiger partial charge in [0.2, 0.25) is 0 Å². The van der Waals surface area contributed by atoms with Crippen molar-refractivity contribution in [2.75, 3.05) is 10.6 Å². The number of para-hydroxylation sites is 1. The average Bonchev–Trinajstić information content (AvgIpc) is 2.71. The van der Waals surface area contributed by atoms with E-state index in [9.17, 15) is 4.79 Å². The third-order valence-corrected chi connectivity index (χ3v) is 5.84. The number of hydrogen-bond acceptors (Lipinski definition) is 6. The zero-order valence-corrected chi connectivity index (χ0v) is 17.4. The fourth-order valence-corrected chi connectivity index (χ4v) is 4.10. The van der Waals surface area contributed by atoms with Gasteiger partial charge in [0.1, 0.15) is 11.6 Å². The summed E-state index contributed by atoms with van der Waals surface area (Å²) in [4.78, 5) is 21.1. The maximum atomic E-state index is 12.0. The first-order valence-corrected chi connectivity index (χ1v) is 10.4. The molecule has 2 atom stereocenters. The van der Waals surface area contributed by atoms with Crippen LogP contribution >= 0.6 is 15.9 Å². The summed E-state index contributed by atoms with van der Waals surface area (Å²) in [5, 5.41) is 7.61. The van der Waals surface area contributed by atoms with Gasteiger partial charge in [-0.1, -0.05) is 31.0 Å². The Morgan fingerprint density at radius 1 is 1.14 bits per heavy atom.